The number of fused-ring (bicyclic) bond motifs is 1. The number of carbonyl (C=O) groups excluding carboxylic acids is 1. The summed E-state index contributed by atoms with van der Waals surface area (Å²) in [5, 5.41) is 4.19. The minimum Gasteiger partial charge on any atom is -0.355 e. The van der Waals surface area contributed by atoms with Crippen molar-refractivity contribution in [2.24, 2.45) is 7.05 Å². The smallest absolute Gasteiger partial charge is 0.220 e. The summed E-state index contributed by atoms with van der Waals surface area (Å²) in [5.74, 6) is 0.153. The van der Waals surface area contributed by atoms with Crippen LogP contribution in [0.15, 0.2) is 30.5 Å². The van der Waals surface area contributed by atoms with Gasteiger partial charge < -0.3 is 9.88 Å². The molecule has 0 bridgehead atoms. The highest BCUT2D eigenvalue weighted by Gasteiger charge is 2.37. The number of aryl methyl sites for hydroxylation is 1. The number of hydrogen-bond donors (Lipinski definition) is 1. The second-order valence-electron chi connectivity index (χ2n) is 5.18. The van der Waals surface area contributed by atoms with E-state index >= 15 is 0 Å². The lowest BCUT2D eigenvalue weighted by molar-refractivity contribution is -0.119. The average molecular weight is 228 g/mol. The molecule has 88 valence electrons. The van der Waals surface area contributed by atoms with Crippen LogP contribution >= 0.6 is 0 Å². The molecular weight excluding hydrogens is 212 g/mol. The van der Waals surface area contributed by atoms with Gasteiger partial charge in [-0.15, -0.1) is 0 Å². The lowest BCUT2D eigenvalue weighted by atomic mass is 9.81. The maximum atomic E-state index is 11.5. The Morgan fingerprint density at radius 1 is 1.35 bits per heavy atom. The molecule has 17 heavy (non-hydrogen) atoms. The summed E-state index contributed by atoms with van der Waals surface area (Å²) in [6, 6.07) is 8.36. The highest BCUT2D eigenvalue weighted by Crippen LogP contribution is 2.36. The van der Waals surface area contributed by atoms with E-state index in [1.165, 1.54) is 16.5 Å². The number of nitrogens with zero attached hydrogens (tertiary/aromatic N) is 1. The van der Waals surface area contributed by atoms with Crippen LogP contribution in [0.3, 0.4) is 0 Å². The highest BCUT2D eigenvalue weighted by atomic mass is 16.1. The first-order valence-electron chi connectivity index (χ1n) is 5.91. The van der Waals surface area contributed by atoms with Gasteiger partial charge in [0.25, 0.3) is 0 Å². The van der Waals surface area contributed by atoms with Gasteiger partial charge in [-0.25, -0.2) is 0 Å². The standard InChI is InChI=1S/C14H16N2O/c1-14(7-13(17)15-9-14)11-8-16(2)12-6-4-3-5-10(11)12/h3-6,8H,7,9H2,1-2H3,(H,15,17). The lowest BCUT2D eigenvalue weighted by Gasteiger charge is -2.20. The molecular formula is C14H16N2O. The molecule has 1 fully saturated rings. The van der Waals surface area contributed by atoms with Gasteiger partial charge in [-0.3, -0.25) is 4.79 Å². The van der Waals surface area contributed by atoms with Gasteiger partial charge in [-0.1, -0.05) is 25.1 Å². The van der Waals surface area contributed by atoms with Gasteiger partial charge in [0.1, 0.15) is 0 Å². The number of nitrogens with one attached hydrogen (secondary N) is 1. The topological polar surface area (TPSA) is 34.0 Å². The Morgan fingerprint density at radius 3 is 2.82 bits per heavy atom. The molecule has 2 aromatic rings. The van der Waals surface area contributed by atoms with Crippen LogP contribution in [0.1, 0.15) is 18.9 Å². The molecule has 1 N–H and O–H groups in total. The van der Waals surface area contributed by atoms with Crippen LogP contribution in [0, 0.1) is 0 Å². The molecule has 1 unspecified atom stereocenters. The minimum absolute atomic E-state index is 0.0715. The van der Waals surface area contributed by atoms with Crippen LogP contribution in [0.2, 0.25) is 0 Å². The predicted molar refractivity (Wildman–Crippen MR) is 67.9 cm³/mol. The largest absolute Gasteiger partial charge is 0.355 e. The van der Waals surface area contributed by atoms with Crippen molar-refractivity contribution in [1.29, 1.82) is 0 Å². The zero-order valence-electron chi connectivity index (χ0n) is 10.2. The molecule has 3 rings (SSSR count). The van der Waals surface area contributed by atoms with Crippen molar-refractivity contribution in [3.8, 4) is 0 Å². The van der Waals surface area contributed by atoms with Gasteiger partial charge in [0.15, 0.2) is 0 Å². The fourth-order valence-corrected chi connectivity index (χ4v) is 2.79. The molecule has 1 amide bonds. The van der Waals surface area contributed by atoms with Crippen LogP contribution in [-0.4, -0.2) is 17.0 Å². The third-order valence-corrected chi connectivity index (χ3v) is 3.77. The second kappa shape index (κ2) is 3.36. The molecule has 1 aromatic carbocycles. The Balaban J connectivity index is 2.21. The molecule has 0 aliphatic carbocycles. The summed E-state index contributed by atoms with van der Waals surface area (Å²) in [5.41, 5.74) is 2.43. The summed E-state index contributed by atoms with van der Waals surface area (Å²) in [6.45, 7) is 2.90. The van der Waals surface area contributed by atoms with Crippen molar-refractivity contribution >= 4 is 16.8 Å². The van der Waals surface area contributed by atoms with E-state index < -0.39 is 0 Å². The van der Waals surface area contributed by atoms with Gasteiger partial charge in [0.2, 0.25) is 5.91 Å². The van der Waals surface area contributed by atoms with E-state index in [9.17, 15) is 4.79 Å². The number of aromatic nitrogens is 1. The van der Waals surface area contributed by atoms with Crippen molar-refractivity contribution in [2.45, 2.75) is 18.8 Å². The molecule has 1 aliphatic rings. The van der Waals surface area contributed by atoms with Gasteiger partial charge >= 0.3 is 0 Å². The summed E-state index contributed by atoms with van der Waals surface area (Å²) in [6.07, 6.45) is 2.74. The van der Waals surface area contributed by atoms with Crippen molar-refractivity contribution in [3.05, 3.63) is 36.0 Å². The average Bonchev–Trinajstić information content (AvgIpc) is 2.83. The van der Waals surface area contributed by atoms with E-state index in [0.29, 0.717) is 6.42 Å². The number of benzene rings is 1. The zero-order valence-corrected chi connectivity index (χ0v) is 10.2. The van der Waals surface area contributed by atoms with Crippen LogP contribution in [0.5, 0.6) is 0 Å². The lowest BCUT2D eigenvalue weighted by Crippen LogP contribution is -2.24. The van der Waals surface area contributed by atoms with Crippen LogP contribution < -0.4 is 5.32 Å². The fourth-order valence-electron chi connectivity index (χ4n) is 2.79. The molecule has 0 saturated carbocycles. The quantitative estimate of drug-likeness (QED) is 0.795. The number of hydrogen-bond acceptors (Lipinski definition) is 1. The third kappa shape index (κ3) is 1.46. The number of rotatable bonds is 1. The summed E-state index contributed by atoms with van der Waals surface area (Å²) < 4.78 is 2.14. The van der Waals surface area contributed by atoms with Crippen LogP contribution in [0.4, 0.5) is 0 Å². The Morgan fingerprint density at radius 2 is 2.12 bits per heavy atom. The number of para-hydroxylation sites is 1. The number of carbonyl (C=O) groups is 1. The molecule has 1 aliphatic heterocycles. The maximum Gasteiger partial charge on any atom is 0.220 e. The first-order valence-corrected chi connectivity index (χ1v) is 5.91. The van der Waals surface area contributed by atoms with Crippen molar-refractivity contribution < 1.29 is 4.79 Å². The molecule has 1 aromatic heterocycles. The fraction of sp³-hybridized carbons (Fsp3) is 0.357. The van der Waals surface area contributed by atoms with E-state index in [4.69, 9.17) is 0 Å². The normalized spacial score (nSPS) is 24.2. The molecule has 1 atom stereocenters. The molecule has 3 heteroatoms. The van der Waals surface area contributed by atoms with E-state index in [0.717, 1.165) is 6.54 Å². The van der Waals surface area contributed by atoms with Crippen molar-refractivity contribution in [3.63, 3.8) is 0 Å². The summed E-state index contributed by atoms with van der Waals surface area (Å²) in [4.78, 5) is 11.5. The molecule has 3 nitrogen and oxygen atoms in total. The van der Waals surface area contributed by atoms with E-state index in [2.05, 4.69) is 48.3 Å². The Kier molecular flexibility index (Phi) is 2.05. The minimum atomic E-state index is -0.0715. The Bertz CT molecular complexity index is 599. The van der Waals surface area contributed by atoms with Crippen molar-refractivity contribution in [2.75, 3.05) is 6.54 Å². The van der Waals surface area contributed by atoms with Gasteiger partial charge in [-0.05, 0) is 11.6 Å². The Hall–Kier alpha value is -1.77. The maximum absolute atomic E-state index is 11.5. The zero-order chi connectivity index (χ0) is 12.0. The van der Waals surface area contributed by atoms with Gasteiger partial charge in [0, 0.05) is 42.5 Å². The SMILES string of the molecule is Cn1cc(C2(C)CNC(=O)C2)c2ccccc21. The van der Waals surface area contributed by atoms with E-state index in [1.54, 1.807) is 0 Å². The highest BCUT2D eigenvalue weighted by molar-refractivity contribution is 5.88. The molecule has 0 radical (unpaired) electrons. The van der Waals surface area contributed by atoms with Crippen molar-refractivity contribution in [1.82, 2.24) is 9.88 Å². The van der Waals surface area contributed by atoms with Crippen LogP contribution in [0.25, 0.3) is 10.9 Å². The summed E-state index contributed by atoms with van der Waals surface area (Å²) >= 11 is 0. The van der Waals surface area contributed by atoms with Gasteiger partial charge in [0.05, 0.1) is 0 Å². The molecule has 0 spiro atoms. The summed E-state index contributed by atoms with van der Waals surface area (Å²) in [7, 11) is 2.05. The van der Waals surface area contributed by atoms with Crippen LogP contribution in [-0.2, 0) is 17.3 Å². The number of amides is 1. The van der Waals surface area contributed by atoms with E-state index in [-0.39, 0.29) is 11.3 Å². The molecule has 1 saturated heterocycles. The third-order valence-electron chi connectivity index (χ3n) is 3.77. The second-order valence-corrected chi connectivity index (χ2v) is 5.18. The first-order chi connectivity index (χ1) is 8.10. The first kappa shape index (κ1) is 10.4. The Labute approximate surface area is 100 Å². The molecule has 2 heterocycles. The predicted octanol–water partition coefficient (Wildman–Crippen LogP) is 1.96. The van der Waals surface area contributed by atoms with E-state index in [1.807, 2.05) is 6.07 Å². The van der Waals surface area contributed by atoms with Gasteiger partial charge in [-0.2, -0.15) is 0 Å². The monoisotopic (exact) mass is 228 g/mol.